The lowest BCUT2D eigenvalue weighted by atomic mass is 10.1. The molecule has 0 amide bonds. The van der Waals surface area contributed by atoms with Crippen molar-refractivity contribution in [2.24, 2.45) is 0 Å². The summed E-state index contributed by atoms with van der Waals surface area (Å²) in [6.07, 6.45) is 3.19. The van der Waals surface area contributed by atoms with Crippen LogP contribution in [0.25, 0.3) is 11.0 Å². The Hall–Kier alpha value is -2.26. The van der Waals surface area contributed by atoms with E-state index in [2.05, 4.69) is 34.9 Å². The number of ether oxygens (including phenoxy) is 1. The molecule has 24 heavy (non-hydrogen) atoms. The number of anilines is 1. The van der Waals surface area contributed by atoms with Crippen molar-refractivity contribution in [2.45, 2.75) is 12.6 Å². The van der Waals surface area contributed by atoms with Crippen molar-refractivity contribution in [1.29, 1.82) is 0 Å². The quantitative estimate of drug-likeness (QED) is 0.728. The summed E-state index contributed by atoms with van der Waals surface area (Å²) in [6, 6.07) is 0.502. The van der Waals surface area contributed by atoms with Gasteiger partial charge in [-0.2, -0.15) is 5.10 Å². The monoisotopic (exact) mass is 331 g/mol. The van der Waals surface area contributed by atoms with Crippen LogP contribution in [0.2, 0.25) is 0 Å². The van der Waals surface area contributed by atoms with E-state index in [1.165, 1.54) is 31.2 Å². The number of aromatic nitrogens is 4. The zero-order chi connectivity index (χ0) is 16.5. The van der Waals surface area contributed by atoms with Gasteiger partial charge in [-0.1, -0.05) is 0 Å². The zero-order valence-electron chi connectivity index (χ0n) is 13.7. The molecule has 3 saturated heterocycles. The zero-order valence-corrected chi connectivity index (χ0v) is 13.7. The van der Waals surface area contributed by atoms with Crippen LogP contribution in [0, 0.1) is 0 Å². The number of hydrogen-bond acceptors (Lipinski definition) is 8. The smallest absolute Gasteiger partial charge is 0.327 e. The third-order valence-electron chi connectivity index (χ3n) is 4.84. The summed E-state index contributed by atoms with van der Waals surface area (Å²) in [5, 5.41) is 8.48. The lowest BCUT2D eigenvalue weighted by molar-refractivity contribution is -0.141. The molecule has 3 fully saturated rings. The molecule has 2 bridgehead atoms. The Morgan fingerprint density at radius 1 is 1.33 bits per heavy atom. The number of carbonyl (C=O) groups excluding carboxylic acids is 1. The highest BCUT2D eigenvalue weighted by Crippen LogP contribution is 2.20. The number of nitrogens with one attached hydrogen (secondary N) is 1. The van der Waals surface area contributed by atoms with Crippen LogP contribution in [-0.2, 0) is 16.1 Å². The molecule has 128 valence electrons. The fourth-order valence-corrected chi connectivity index (χ4v) is 3.47. The summed E-state index contributed by atoms with van der Waals surface area (Å²) in [4.78, 5) is 25.1. The van der Waals surface area contributed by atoms with E-state index in [-0.39, 0.29) is 12.5 Å². The van der Waals surface area contributed by atoms with Gasteiger partial charge >= 0.3 is 5.97 Å². The number of piperazine rings is 3. The van der Waals surface area contributed by atoms with Gasteiger partial charge in [0.1, 0.15) is 18.7 Å². The van der Waals surface area contributed by atoms with Crippen molar-refractivity contribution in [1.82, 2.24) is 29.5 Å². The molecule has 3 aliphatic rings. The maximum Gasteiger partial charge on any atom is 0.327 e. The summed E-state index contributed by atoms with van der Waals surface area (Å²) in [7, 11) is 1.36. The van der Waals surface area contributed by atoms with E-state index in [9.17, 15) is 4.79 Å². The van der Waals surface area contributed by atoms with E-state index in [4.69, 9.17) is 0 Å². The fourth-order valence-electron chi connectivity index (χ4n) is 3.47. The molecule has 2 aromatic heterocycles. The first-order valence-electron chi connectivity index (χ1n) is 8.18. The van der Waals surface area contributed by atoms with E-state index in [1.54, 1.807) is 6.20 Å². The Kier molecular flexibility index (Phi) is 4.03. The average molecular weight is 331 g/mol. The van der Waals surface area contributed by atoms with Crippen LogP contribution in [0.3, 0.4) is 0 Å². The molecule has 9 nitrogen and oxygen atoms in total. The predicted octanol–water partition coefficient (Wildman–Crippen LogP) is -0.589. The van der Waals surface area contributed by atoms with Gasteiger partial charge in [-0.25, -0.2) is 14.6 Å². The molecular formula is C15H21N7O2. The van der Waals surface area contributed by atoms with Gasteiger partial charge in [-0.15, -0.1) is 0 Å². The van der Waals surface area contributed by atoms with E-state index in [1.807, 2.05) is 0 Å². The first kappa shape index (κ1) is 15.3. The van der Waals surface area contributed by atoms with Gasteiger partial charge < -0.3 is 10.1 Å². The molecule has 5 rings (SSSR count). The first-order chi connectivity index (χ1) is 11.7. The standard InChI is InChI=1S/C15H21N7O2/c1-24-13(23)9-22-15-12(7-19-22)14(17-10-18-15)16-6-11-8-20-2-4-21(11)5-3-20/h7,10-11H,2-6,8-9H2,1H3,(H,16,17,18). The maximum atomic E-state index is 11.5. The van der Waals surface area contributed by atoms with Gasteiger partial charge in [0.05, 0.1) is 18.7 Å². The van der Waals surface area contributed by atoms with E-state index < -0.39 is 0 Å². The average Bonchev–Trinajstić information content (AvgIpc) is 3.04. The molecule has 0 spiro atoms. The largest absolute Gasteiger partial charge is 0.468 e. The van der Waals surface area contributed by atoms with Gasteiger partial charge in [-0.05, 0) is 0 Å². The van der Waals surface area contributed by atoms with Crippen LogP contribution < -0.4 is 5.32 Å². The van der Waals surface area contributed by atoms with Crippen LogP contribution in [0.15, 0.2) is 12.5 Å². The lowest BCUT2D eigenvalue weighted by Gasteiger charge is -2.47. The summed E-state index contributed by atoms with van der Waals surface area (Å²) in [5.41, 5.74) is 0.632. The molecule has 9 heteroatoms. The highest BCUT2D eigenvalue weighted by atomic mass is 16.5. The van der Waals surface area contributed by atoms with Crippen molar-refractivity contribution in [2.75, 3.05) is 51.7 Å². The molecule has 1 atom stereocenters. The van der Waals surface area contributed by atoms with E-state index >= 15 is 0 Å². The molecule has 5 heterocycles. The summed E-state index contributed by atoms with van der Waals surface area (Å²) >= 11 is 0. The van der Waals surface area contributed by atoms with Crippen molar-refractivity contribution < 1.29 is 9.53 Å². The summed E-state index contributed by atoms with van der Waals surface area (Å²) in [5.74, 6) is 0.405. The number of esters is 1. The Morgan fingerprint density at radius 2 is 2.17 bits per heavy atom. The van der Waals surface area contributed by atoms with Crippen LogP contribution in [0.1, 0.15) is 0 Å². The SMILES string of the molecule is COC(=O)Cn1ncc2c(NCC3CN4CCN3CC4)ncnc21. The number of methoxy groups -OCH3 is 1. The number of carbonyl (C=O) groups is 1. The second kappa shape index (κ2) is 6.33. The maximum absolute atomic E-state index is 11.5. The number of nitrogens with zero attached hydrogens (tertiary/aromatic N) is 6. The second-order valence-electron chi connectivity index (χ2n) is 6.21. The van der Waals surface area contributed by atoms with Gasteiger partial charge in [0.25, 0.3) is 0 Å². The molecule has 3 aliphatic heterocycles. The minimum absolute atomic E-state index is 0.0435. The molecule has 0 aromatic carbocycles. The van der Waals surface area contributed by atoms with E-state index in [0.717, 1.165) is 37.4 Å². The van der Waals surface area contributed by atoms with Crippen molar-refractivity contribution in [3.05, 3.63) is 12.5 Å². The van der Waals surface area contributed by atoms with E-state index in [0.29, 0.717) is 11.7 Å². The topological polar surface area (TPSA) is 88.4 Å². The third-order valence-corrected chi connectivity index (χ3v) is 4.84. The van der Waals surface area contributed by atoms with Crippen molar-refractivity contribution >= 4 is 22.8 Å². The van der Waals surface area contributed by atoms with Crippen LogP contribution in [-0.4, -0.2) is 87.9 Å². The number of rotatable bonds is 5. The van der Waals surface area contributed by atoms with Crippen molar-refractivity contribution in [3.63, 3.8) is 0 Å². The number of hydrogen-bond donors (Lipinski definition) is 1. The Labute approximate surface area is 139 Å². The van der Waals surface area contributed by atoms with Crippen molar-refractivity contribution in [3.8, 4) is 0 Å². The highest BCUT2D eigenvalue weighted by molar-refractivity contribution is 5.86. The second-order valence-corrected chi connectivity index (χ2v) is 6.21. The van der Waals surface area contributed by atoms with Crippen LogP contribution in [0.5, 0.6) is 0 Å². The Balaban J connectivity index is 1.49. The first-order valence-corrected chi connectivity index (χ1v) is 8.18. The van der Waals surface area contributed by atoms with Crippen LogP contribution >= 0.6 is 0 Å². The molecule has 2 aromatic rings. The third kappa shape index (κ3) is 2.80. The Morgan fingerprint density at radius 3 is 2.88 bits per heavy atom. The Bertz CT molecular complexity index is 738. The fraction of sp³-hybridized carbons (Fsp3) is 0.600. The normalized spacial score (nSPS) is 25.8. The predicted molar refractivity (Wildman–Crippen MR) is 87.6 cm³/mol. The summed E-state index contributed by atoms with van der Waals surface area (Å²) in [6.45, 7) is 6.61. The summed E-state index contributed by atoms with van der Waals surface area (Å²) < 4.78 is 6.22. The minimum atomic E-state index is -0.354. The molecular weight excluding hydrogens is 310 g/mol. The van der Waals surface area contributed by atoms with Gasteiger partial charge in [0.2, 0.25) is 0 Å². The highest BCUT2D eigenvalue weighted by Gasteiger charge is 2.31. The molecule has 0 aliphatic carbocycles. The van der Waals surface area contributed by atoms with Gasteiger partial charge in [-0.3, -0.25) is 14.6 Å². The lowest BCUT2D eigenvalue weighted by Crippen LogP contribution is -2.62. The van der Waals surface area contributed by atoms with Gasteiger partial charge in [0, 0.05) is 45.3 Å². The van der Waals surface area contributed by atoms with Crippen LogP contribution in [0.4, 0.5) is 5.82 Å². The molecule has 0 radical (unpaired) electrons. The number of fused-ring (bicyclic) bond motifs is 4. The van der Waals surface area contributed by atoms with Gasteiger partial charge in [0.15, 0.2) is 5.65 Å². The minimum Gasteiger partial charge on any atom is -0.468 e. The molecule has 1 unspecified atom stereocenters. The molecule has 0 saturated carbocycles. The molecule has 1 N–H and O–H groups in total.